The highest BCUT2D eigenvalue weighted by molar-refractivity contribution is 6.22. The number of amides is 3. The van der Waals surface area contributed by atoms with Crippen molar-refractivity contribution in [2.75, 3.05) is 16.8 Å². The summed E-state index contributed by atoms with van der Waals surface area (Å²) in [5.74, 6) is -2.45. The third-order valence-corrected chi connectivity index (χ3v) is 8.45. The lowest BCUT2D eigenvalue weighted by atomic mass is 9.73. The van der Waals surface area contributed by atoms with Crippen molar-refractivity contribution in [2.45, 2.75) is 24.9 Å². The molecule has 0 radical (unpaired) electrons. The maximum atomic E-state index is 13.5. The number of carbonyl (C=O) groups excluding carboxylic acids is 4. The lowest BCUT2D eigenvalue weighted by Crippen LogP contribution is -2.33. The number of ether oxygens (including phenoxy) is 1. The molecule has 6 rings (SSSR count). The van der Waals surface area contributed by atoms with Crippen LogP contribution in [0.5, 0.6) is 0 Å². The quantitative estimate of drug-likeness (QED) is 0.320. The van der Waals surface area contributed by atoms with Crippen LogP contribution < -0.4 is 10.2 Å². The van der Waals surface area contributed by atoms with Crippen LogP contribution >= 0.6 is 0 Å². The summed E-state index contributed by atoms with van der Waals surface area (Å²) in [6.45, 7) is -0.801. The van der Waals surface area contributed by atoms with Gasteiger partial charge in [-0.25, -0.2) is 4.79 Å². The number of fused-ring (bicyclic) bond motifs is 5. The summed E-state index contributed by atoms with van der Waals surface area (Å²) in [5, 5.41) is 2.11. The molecule has 3 aromatic carbocycles. The van der Waals surface area contributed by atoms with Crippen molar-refractivity contribution in [2.24, 2.45) is 23.7 Å². The molecule has 5 atom stereocenters. The highest BCUT2D eigenvalue weighted by Crippen LogP contribution is 2.61. The largest absolute Gasteiger partial charge is 0.452 e. The zero-order valence-corrected chi connectivity index (χ0v) is 21.6. The van der Waals surface area contributed by atoms with E-state index in [9.17, 15) is 32.3 Å². The summed E-state index contributed by atoms with van der Waals surface area (Å²) in [7, 11) is 0. The Hall–Kier alpha value is -4.47. The average molecular weight is 563 g/mol. The van der Waals surface area contributed by atoms with Crippen molar-refractivity contribution in [3.05, 3.63) is 95.6 Å². The molecule has 3 aliphatic rings. The van der Waals surface area contributed by atoms with Gasteiger partial charge in [0.15, 0.2) is 6.61 Å². The number of hydrogen-bond acceptors (Lipinski definition) is 5. The molecule has 10 heteroatoms. The molecule has 1 aliphatic heterocycles. The molecule has 41 heavy (non-hydrogen) atoms. The minimum absolute atomic E-state index is 0.0562. The first-order chi connectivity index (χ1) is 19.6. The summed E-state index contributed by atoms with van der Waals surface area (Å²) >= 11 is 0. The molecule has 7 nitrogen and oxygen atoms in total. The second-order valence-corrected chi connectivity index (χ2v) is 10.7. The Morgan fingerprint density at radius 3 is 2.22 bits per heavy atom. The van der Waals surface area contributed by atoms with Crippen molar-refractivity contribution >= 4 is 35.1 Å². The van der Waals surface area contributed by atoms with Crippen molar-refractivity contribution < 1.29 is 37.1 Å². The van der Waals surface area contributed by atoms with E-state index in [0.29, 0.717) is 5.69 Å². The number of halogens is 3. The van der Waals surface area contributed by atoms with E-state index in [-0.39, 0.29) is 47.0 Å². The molecule has 2 bridgehead atoms. The number of rotatable bonds is 6. The minimum atomic E-state index is -4.66. The maximum Gasteiger partial charge on any atom is 0.418 e. The SMILES string of the molecule is O=C(COC(=O)c1ccc(N2C(=O)[C@@H]3[C@@H]4C[C@@H]([C@H]3C2=O)[C@H](c2ccccc2)C4)cc1)Nc1ccccc1C(F)(F)F. The third kappa shape index (κ3) is 4.77. The second-order valence-electron chi connectivity index (χ2n) is 10.7. The fourth-order valence-corrected chi connectivity index (χ4v) is 6.78. The molecule has 1 N–H and O–H groups in total. The number of anilines is 2. The monoisotopic (exact) mass is 562 g/mol. The second kappa shape index (κ2) is 10.2. The van der Waals surface area contributed by atoms with Crippen LogP contribution in [-0.4, -0.2) is 30.3 Å². The van der Waals surface area contributed by atoms with Gasteiger partial charge >= 0.3 is 12.1 Å². The first-order valence-electron chi connectivity index (χ1n) is 13.3. The summed E-state index contributed by atoms with van der Waals surface area (Å²) in [4.78, 5) is 52.7. The van der Waals surface area contributed by atoms with E-state index in [1.54, 1.807) is 0 Å². The van der Waals surface area contributed by atoms with E-state index in [0.717, 1.165) is 25.0 Å². The van der Waals surface area contributed by atoms with Crippen molar-refractivity contribution in [3.63, 3.8) is 0 Å². The van der Waals surface area contributed by atoms with Crippen LogP contribution in [0.2, 0.25) is 0 Å². The Morgan fingerprint density at radius 1 is 0.854 bits per heavy atom. The van der Waals surface area contributed by atoms with Crippen molar-refractivity contribution in [3.8, 4) is 0 Å². The van der Waals surface area contributed by atoms with E-state index in [2.05, 4.69) is 17.4 Å². The molecule has 3 fully saturated rings. The Morgan fingerprint density at radius 2 is 1.51 bits per heavy atom. The maximum absolute atomic E-state index is 13.5. The number of nitrogens with one attached hydrogen (secondary N) is 1. The fraction of sp³-hybridized carbons (Fsp3) is 0.290. The molecular formula is C31H25F3N2O5. The number of nitrogens with zero attached hydrogens (tertiary/aromatic N) is 1. The van der Waals surface area contributed by atoms with E-state index in [1.165, 1.54) is 46.9 Å². The molecule has 0 unspecified atom stereocenters. The van der Waals surface area contributed by atoms with Gasteiger partial charge in [0.25, 0.3) is 5.91 Å². The summed E-state index contributed by atoms with van der Waals surface area (Å²) in [6, 6.07) is 20.3. The van der Waals surface area contributed by atoms with E-state index >= 15 is 0 Å². The highest BCUT2D eigenvalue weighted by atomic mass is 19.4. The molecule has 3 aromatic rings. The molecule has 1 heterocycles. The Labute approximate surface area is 233 Å². The predicted octanol–water partition coefficient (Wildman–Crippen LogP) is 5.43. The number of benzene rings is 3. The van der Waals surface area contributed by atoms with Crippen LogP contribution in [0.15, 0.2) is 78.9 Å². The zero-order valence-electron chi connectivity index (χ0n) is 21.6. The Balaban J connectivity index is 1.09. The lowest BCUT2D eigenvalue weighted by molar-refractivity contribution is -0.137. The van der Waals surface area contributed by atoms with Gasteiger partial charge in [0.2, 0.25) is 11.8 Å². The molecule has 210 valence electrons. The van der Waals surface area contributed by atoms with Crippen LogP contribution in [0.25, 0.3) is 0 Å². The van der Waals surface area contributed by atoms with Gasteiger partial charge in [-0.15, -0.1) is 0 Å². The van der Waals surface area contributed by atoms with E-state index in [4.69, 9.17) is 4.74 Å². The summed E-state index contributed by atoms with van der Waals surface area (Å²) in [5.41, 5.74) is 0.134. The molecule has 2 aliphatic carbocycles. The van der Waals surface area contributed by atoms with Crippen LogP contribution in [0.3, 0.4) is 0 Å². The van der Waals surface area contributed by atoms with Gasteiger partial charge in [-0.1, -0.05) is 42.5 Å². The topological polar surface area (TPSA) is 92.8 Å². The fourth-order valence-electron chi connectivity index (χ4n) is 6.78. The van der Waals surface area contributed by atoms with E-state index < -0.39 is 35.9 Å². The number of alkyl halides is 3. The smallest absolute Gasteiger partial charge is 0.418 e. The normalized spacial score (nSPS) is 24.9. The molecule has 1 saturated heterocycles. The van der Waals surface area contributed by atoms with E-state index in [1.807, 2.05) is 18.2 Å². The molecule has 0 aromatic heterocycles. The molecule has 3 amide bonds. The zero-order chi connectivity index (χ0) is 28.9. The van der Waals surface area contributed by atoms with Gasteiger partial charge in [0.1, 0.15) is 0 Å². The first-order valence-corrected chi connectivity index (χ1v) is 13.3. The number of para-hydroxylation sites is 1. The first kappa shape index (κ1) is 26.7. The molecule has 2 saturated carbocycles. The van der Waals surface area contributed by atoms with Crippen LogP contribution in [0, 0.1) is 23.7 Å². The number of esters is 1. The van der Waals surface area contributed by atoms with Crippen molar-refractivity contribution in [1.29, 1.82) is 0 Å². The van der Waals surface area contributed by atoms with Gasteiger partial charge in [-0.3, -0.25) is 19.3 Å². The van der Waals surface area contributed by atoms with Gasteiger partial charge in [0.05, 0.1) is 34.3 Å². The van der Waals surface area contributed by atoms with Crippen LogP contribution in [-0.2, 0) is 25.3 Å². The predicted molar refractivity (Wildman–Crippen MR) is 142 cm³/mol. The third-order valence-electron chi connectivity index (χ3n) is 8.45. The Kier molecular flexibility index (Phi) is 6.63. The highest BCUT2D eigenvalue weighted by Gasteiger charge is 2.64. The Bertz CT molecular complexity index is 1520. The molecule has 0 spiro atoms. The van der Waals surface area contributed by atoms with Crippen molar-refractivity contribution in [1.82, 2.24) is 0 Å². The summed E-state index contributed by atoms with van der Waals surface area (Å²) < 4.78 is 44.4. The number of carbonyl (C=O) groups is 4. The molecular weight excluding hydrogens is 537 g/mol. The standard InChI is InChI=1S/C31H25F3N2O5/c32-31(33,34)23-8-4-5-9-24(23)35-25(37)16-41-30(40)18-10-12-20(13-11-18)36-28(38)26-19-14-21(17-6-2-1-3-7-17)22(15-19)27(26)29(36)39/h1-13,19,21-22,26-27H,14-16H2,(H,35,37)/t19-,21-,22+,26+,27+/m0/s1. The van der Waals surface area contributed by atoms with Gasteiger partial charge < -0.3 is 10.1 Å². The van der Waals surface area contributed by atoms with Crippen LogP contribution in [0.4, 0.5) is 24.5 Å². The van der Waals surface area contributed by atoms with Gasteiger partial charge in [-0.2, -0.15) is 13.2 Å². The number of hydrogen-bond donors (Lipinski definition) is 1. The van der Waals surface area contributed by atoms with Crippen LogP contribution in [0.1, 0.15) is 40.2 Å². The number of imide groups is 1. The summed E-state index contributed by atoms with van der Waals surface area (Å²) in [6.07, 6.45) is -2.93. The van der Waals surface area contributed by atoms with Gasteiger partial charge in [0, 0.05) is 0 Å². The van der Waals surface area contributed by atoms with Gasteiger partial charge in [-0.05, 0) is 72.6 Å². The average Bonchev–Trinajstić information content (AvgIpc) is 3.63. The lowest BCUT2D eigenvalue weighted by Gasteiger charge is -2.28. The minimum Gasteiger partial charge on any atom is -0.452 e.